The smallest absolute Gasteiger partial charge is 0.338 e. The molecule has 0 saturated carbocycles. The molecule has 0 aliphatic carbocycles. The summed E-state index contributed by atoms with van der Waals surface area (Å²) in [5.74, 6) is -0.339. The summed E-state index contributed by atoms with van der Waals surface area (Å²) in [6.45, 7) is 3.65. The van der Waals surface area contributed by atoms with Crippen LogP contribution in [0.1, 0.15) is 31.0 Å². The van der Waals surface area contributed by atoms with Crippen molar-refractivity contribution < 1.29 is 18.7 Å². The molecular weight excluding hydrogens is 431 g/mol. The SMILES string of the molecule is CCOC(=O)C1=C(C)N=c2s/c(=C/c3ccc(F)cc3)c(=O)n2[C@H]1c1ccccc1OC. The van der Waals surface area contributed by atoms with E-state index >= 15 is 0 Å². The summed E-state index contributed by atoms with van der Waals surface area (Å²) in [7, 11) is 1.54. The number of hydrogen-bond donors (Lipinski definition) is 0. The van der Waals surface area contributed by atoms with E-state index < -0.39 is 12.0 Å². The van der Waals surface area contributed by atoms with Crippen LogP contribution >= 0.6 is 11.3 Å². The molecule has 8 heteroatoms. The van der Waals surface area contributed by atoms with Gasteiger partial charge in [-0.25, -0.2) is 14.2 Å². The Morgan fingerprint density at radius 2 is 1.94 bits per heavy atom. The largest absolute Gasteiger partial charge is 0.496 e. The van der Waals surface area contributed by atoms with Gasteiger partial charge in [0.25, 0.3) is 5.56 Å². The number of methoxy groups -OCH3 is 1. The van der Waals surface area contributed by atoms with Crippen molar-refractivity contribution >= 4 is 23.4 Å². The van der Waals surface area contributed by atoms with Crippen LogP contribution in [-0.4, -0.2) is 24.3 Å². The van der Waals surface area contributed by atoms with Gasteiger partial charge >= 0.3 is 5.97 Å². The Morgan fingerprint density at radius 1 is 1.22 bits per heavy atom. The van der Waals surface area contributed by atoms with Crippen LogP contribution in [0.2, 0.25) is 0 Å². The number of fused-ring (bicyclic) bond motifs is 1. The number of aromatic nitrogens is 1. The van der Waals surface area contributed by atoms with Crippen molar-refractivity contribution in [1.82, 2.24) is 4.57 Å². The molecule has 1 aliphatic rings. The lowest BCUT2D eigenvalue weighted by Crippen LogP contribution is -2.40. The van der Waals surface area contributed by atoms with Crippen LogP contribution in [0.5, 0.6) is 5.75 Å². The molecule has 2 heterocycles. The van der Waals surface area contributed by atoms with Crippen LogP contribution in [0, 0.1) is 5.82 Å². The molecule has 0 saturated heterocycles. The molecule has 0 N–H and O–H groups in total. The highest BCUT2D eigenvalue weighted by Gasteiger charge is 2.34. The van der Waals surface area contributed by atoms with Crippen LogP contribution in [0.25, 0.3) is 6.08 Å². The van der Waals surface area contributed by atoms with E-state index in [9.17, 15) is 14.0 Å². The second-order valence-electron chi connectivity index (χ2n) is 7.10. The number of rotatable bonds is 5. The minimum atomic E-state index is -0.753. The van der Waals surface area contributed by atoms with Gasteiger partial charge in [0.2, 0.25) is 0 Å². The average molecular weight is 453 g/mol. The standard InChI is InChI=1S/C24H21FN2O4S/c1-4-31-23(29)20-14(2)26-24-27(21(20)17-7-5-6-8-18(17)30-3)22(28)19(32-24)13-15-9-11-16(25)12-10-15/h5-13,21H,4H2,1-3H3/b19-13+/t21-/m0/s1. The van der Waals surface area contributed by atoms with E-state index in [-0.39, 0.29) is 23.6 Å². The van der Waals surface area contributed by atoms with Gasteiger partial charge < -0.3 is 9.47 Å². The summed E-state index contributed by atoms with van der Waals surface area (Å²) in [5.41, 5.74) is 1.81. The van der Waals surface area contributed by atoms with Gasteiger partial charge in [-0.3, -0.25) is 9.36 Å². The number of nitrogens with zero attached hydrogens (tertiary/aromatic N) is 2. The fourth-order valence-corrected chi connectivity index (χ4v) is 4.74. The second kappa shape index (κ2) is 8.92. The zero-order chi connectivity index (χ0) is 22.8. The number of para-hydroxylation sites is 1. The maximum absolute atomic E-state index is 13.5. The summed E-state index contributed by atoms with van der Waals surface area (Å²) in [6, 6.07) is 12.4. The first-order valence-electron chi connectivity index (χ1n) is 10.0. The van der Waals surface area contributed by atoms with E-state index in [4.69, 9.17) is 9.47 Å². The molecule has 32 heavy (non-hydrogen) atoms. The summed E-state index contributed by atoms with van der Waals surface area (Å²) >= 11 is 1.21. The summed E-state index contributed by atoms with van der Waals surface area (Å²) in [6.07, 6.45) is 1.69. The lowest BCUT2D eigenvalue weighted by Gasteiger charge is -2.25. The van der Waals surface area contributed by atoms with Gasteiger partial charge in [0.15, 0.2) is 4.80 Å². The number of carbonyl (C=O) groups is 1. The first kappa shape index (κ1) is 21.7. The Balaban J connectivity index is 1.98. The van der Waals surface area contributed by atoms with Crippen molar-refractivity contribution in [2.24, 2.45) is 4.99 Å². The van der Waals surface area contributed by atoms with Gasteiger partial charge in [-0.2, -0.15) is 0 Å². The third kappa shape index (κ3) is 3.89. The van der Waals surface area contributed by atoms with E-state index in [1.807, 2.05) is 18.2 Å². The fraction of sp³-hybridized carbons (Fsp3) is 0.208. The van der Waals surface area contributed by atoms with Crippen molar-refractivity contribution in [3.63, 3.8) is 0 Å². The Bertz CT molecular complexity index is 1390. The predicted octanol–water partition coefficient (Wildman–Crippen LogP) is 2.95. The highest BCUT2D eigenvalue weighted by atomic mass is 32.1. The van der Waals surface area contributed by atoms with E-state index in [1.165, 1.54) is 35.1 Å². The van der Waals surface area contributed by atoms with Crippen molar-refractivity contribution in [3.8, 4) is 5.75 Å². The summed E-state index contributed by atoms with van der Waals surface area (Å²) in [4.78, 5) is 31.4. The van der Waals surface area contributed by atoms with Gasteiger partial charge in [0.1, 0.15) is 17.6 Å². The number of ether oxygens (including phenoxy) is 2. The van der Waals surface area contributed by atoms with Crippen molar-refractivity contribution in [2.45, 2.75) is 19.9 Å². The molecule has 1 aliphatic heterocycles. The number of carbonyl (C=O) groups excluding carboxylic acids is 1. The lowest BCUT2D eigenvalue weighted by atomic mass is 9.95. The molecule has 6 nitrogen and oxygen atoms in total. The Labute approximate surface area is 187 Å². The number of allylic oxidation sites excluding steroid dienone is 1. The molecule has 0 spiro atoms. The third-order valence-electron chi connectivity index (χ3n) is 5.12. The molecule has 0 radical (unpaired) electrons. The highest BCUT2D eigenvalue weighted by Crippen LogP contribution is 2.35. The van der Waals surface area contributed by atoms with Crippen LogP contribution in [0.4, 0.5) is 4.39 Å². The third-order valence-corrected chi connectivity index (χ3v) is 6.10. The van der Waals surface area contributed by atoms with Crippen LogP contribution in [0.3, 0.4) is 0 Å². The number of benzene rings is 2. The first-order chi connectivity index (χ1) is 15.4. The fourth-order valence-electron chi connectivity index (χ4n) is 3.69. The average Bonchev–Trinajstić information content (AvgIpc) is 3.09. The maximum Gasteiger partial charge on any atom is 0.338 e. The minimum Gasteiger partial charge on any atom is -0.496 e. The molecule has 1 aromatic heterocycles. The zero-order valence-electron chi connectivity index (χ0n) is 17.8. The van der Waals surface area contributed by atoms with E-state index in [0.29, 0.717) is 31.9 Å². The molecule has 0 fully saturated rings. The van der Waals surface area contributed by atoms with Gasteiger partial charge in [-0.15, -0.1) is 0 Å². The van der Waals surface area contributed by atoms with Gasteiger partial charge in [-0.05, 0) is 43.7 Å². The Morgan fingerprint density at radius 3 is 2.62 bits per heavy atom. The Hall–Kier alpha value is -3.52. The monoisotopic (exact) mass is 452 g/mol. The molecule has 0 amide bonds. The van der Waals surface area contributed by atoms with Crippen molar-refractivity contribution in [3.05, 3.63) is 96.4 Å². The topological polar surface area (TPSA) is 69.9 Å². The maximum atomic E-state index is 13.5. The normalized spacial score (nSPS) is 15.9. The number of esters is 1. The first-order valence-corrected chi connectivity index (χ1v) is 10.8. The van der Waals surface area contributed by atoms with Crippen LogP contribution < -0.4 is 19.6 Å². The number of halogens is 1. The Kier molecular flexibility index (Phi) is 6.05. The number of thiazole rings is 1. The molecule has 1 atom stereocenters. The van der Waals surface area contributed by atoms with E-state index in [0.717, 1.165) is 0 Å². The minimum absolute atomic E-state index is 0.198. The zero-order valence-corrected chi connectivity index (χ0v) is 18.6. The lowest BCUT2D eigenvalue weighted by molar-refractivity contribution is -0.139. The quantitative estimate of drug-likeness (QED) is 0.558. The van der Waals surface area contributed by atoms with Gasteiger partial charge in [-0.1, -0.05) is 41.7 Å². The molecule has 0 unspecified atom stereocenters. The molecule has 4 rings (SSSR count). The second-order valence-corrected chi connectivity index (χ2v) is 8.10. The molecular formula is C24H21FN2O4S. The van der Waals surface area contributed by atoms with Crippen molar-refractivity contribution in [2.75, 3.05) is 13.7 Å². The van der Waals surface area contributed by atoms with Crippen LogP contribution in [-0.2, 0) is 9.53 Å². The molecule has 2 aromatic carbocycles. The van der Waals surface area contributed by atoms with Crippen LogP contribution in [0.15, 0.2) is 69.6 Å². The van der Waals surface area contributed by atoms with Crippen molar-refractivity contribution in [1.29, 1.82) is 0 Å². The molecule has 164 valence electrons. The summed E-state index contributed by atoms with van der Waals surface area (Å²) < 4.78 is 26.0. The number of hydrogen-bond acceptors (Lipinski definition) is 6. The summed E-state index contributed by atoms with van der Waals surface area (Å²) in [5, 5.41) is 0. The van der Waals surface area contributed by atoms with Gasteiger partial charge in [0.05, 0.1) is 29.5 Å². The predicted molar refractivity (Wildman–Crippen MR) is 120 cm³/mol. The van der Waals surface area contributed by atoms with Gasteiger partial charge in [0, 0.05) is 5.56 Å². The molecule has 0 bridgehead atoms. The molecule has 3 aromatic rings. The van der Waals surface area contributed by atoms with E-state index in [2.05, 4.69) is 4.99 Å². The van der Waals surface area contributed by atoms with E-state index in [1.54, 1.807) is 38.1 Å². The highest BCUT2D eigenvalue weighted by molar-refractivity contribution is 7.07.